The Labute approximate surface area is 157 Å². The molecule has 0 atom stereocenters. The molecule has 0 spiro atoms. The summed E-state index contributed by atoms with van der Waals surface area (Å²) in [7, 11) is 3.23. The van der Waals surface area contributed by atoms with Gasteiger partial charge < -0.3 is 14.8 Å². The van der Waals surface area contributed by atoms with E-state index < -0.39 is 0 Å². The Morgan fingerprint density at radius 3 is 2.35 bits per heavy atom. The molecule has 6 heteroatoms. The number of halogens is 1. The van der Waals surface area contributed by atoms with E-state index >= 15 is 0 Å². The fourth-order valence-corrected chi connectivity index (χ4v) is 2.94. The Morgan fingerprint density at radius 2 is 1.54 bits per heavy atom. The first-order valence-electron chi connectivity index (χ1n) is 7.91. The van der Waals surface area contributed by atoms with Crippen molar-refractivity contribution in [2.24, 2.45) is 0 Å². The van der Waals surface area contributed by atoms with Gasteiger partial charge in [0.1, 0.15) is 12.1 Å². The van der Waals surface area contributed by atoms with Crippen molar-refractivity contribution in [3.8, 4) is 11.5 Å². The van der Waals surface area contributed by atoms with Gasteiger partial charge in [0, 0.05) is 22.5 Å². The first-order chi connectivity index (χ1) is 12.3. The smallest absolute Gasteiger partial charge is 0.162 e. The number of ether oxygens (including phenoxy) is 2. The van der Waals surface area contributed by atoms with Crippen LogP contribution in [0.5, 0.6) is 11.5 Å². The van der Waals surface area contributed by atoms with Crippen molar-refractivity contribution in [1.82, 2.24) is 9.97 Å². The molecule has 0 aliphatic heterocycles. The second kappa shape index (κ2) is 7.45. The molecule has 1 N–H and O–H groups in total. The minimum Gasteiger partial charge on any atom is -0.493 e. The molecule has 26 heavy (non-hydrogen) atoms. The molecule has 132 valence electrons. The molecule has 0 fully saturated rings. The normalized spacial score (nSPS) is 10.4. The number of anilines is 2. The van der Waals surface area contributed by atoms with Gasteiger partial charge in [-0.15, -0.1) is 12.4 Å². The van der Waals surface area contributed by atoms with E-state index in [9.17, 15) is 0 Å². The second-order valence-corrected chi connectivity index (χ2v) is 5.60. The van der Waals surface area contributed by atoms with Crippen LogP contribution in [0, 0.1) is 0 Å². The fourth-order valence-electron chi connectivity index (χ4n) is 2.94. The Morgan fingerprint density at radius 1 is 0.808 bits per heavy atom. The number of hydrogen-bond acceptors (Lipinski definition) is 5. The molecule has 0 unspecified atom stereocenters. The summed E-state index contributed by atoms with van der Waals surface area (Å²) in [6, 6.07) is 18.1. The third-order valence-electron chi connectivity index (χ3n) is 4.18. The minimum atomic E-state index is 0. The summed E-state index contributed by atoms with van der Waals surface area (Å²) < 4.78 is 10.8. The summed E-state index contributed by atoms with van der Waals surface area (Å²) >= 11 is 0. The van der Waals surface area contributed by atoms with Crippen LogP contribution < -0.4 is 14.8 Å². The van der Waals surface area contributed by atoms with Crippen molar-refractivity contribution in [3.63, 3.8) is 0 Å². The minimum absolute atomic E-state index is 0. The monoisotopic (exact) mass is 367 g/mol. The lowest BCUT2D eigenvalue weighted by atomic mass is 10.1. The van der Waals surface area contributed by atoms with Gasteiger partial charge in [-0.2, -0.15) is 0 Å². The Bertz CT molecular complexity index is 1060. The summed E-state index contributed by atoms with van der Waals surface area (Å²) in [5.74, 6) is 2.01. The van der Waals surface area contributed by atoms with E-state index in [1.165, 1.54) is 5.39 Å². The van der Waals surface area contributed by atoms with Crippen LogP contribution in [0.25, 0.3) is 21.7 Å². The van der Waals surface area contributed by atoms with Crippen molar-refractivity contribution in [2.45, 2.75) is 0 Å². The van der Waals surface area contributed by atoms with E-state index in [0.717, 1.165) is 27.8 Å². The number of nitrogens with one attached hydrogen (secondary N) is 1. The Hall–Kier alpha value is -3.05. The largest absolute Gasteiger partial charge is 0.493 e. The molecule has 5 nitrogen and oxygen atoms in total. The third-order valence-corrected chi connectivity index (χ3v) is 4.18. The van der Waals surface area contributed by atoms with E-state index in [1.54, 1.807) is 20.5 Å². The van der Waals surface area contributed by atoms with Gasteiger partial charge in [-0.05, 0) is 17.5 Å². The van der Waals surface area contributed by atoms with Crippen molar-refractivity contribution in [1.29, 1.82) is 0 Å². The van der Waals surface area contributed by atoms with Crippen LogP contribution in [0.4, 0.5) is 11.5 Å². The number of hydrogen-bond donors (Lipinski definition) is 1. The van der Waals surface area contributed by atoms with Crippen LogP contribution in [0.15, 0.2) is 60.9 Å². The standard InChI is InChI=1S/C20H17N3O2.ClH/c1-24-18-10-15-17(11-19(18)25-2)21-12-22-20(15)23-16-9-5-7-13-6-3-4-8-14(13)16;/h3-12H,1-2H3,(H,21,22,23);1H. The molecule has 0 saturated carbocycles. The van der Waals surface area contributed by atoms with Gasteiger partial charge in [0.15, 0.2) is 11.5 Å². The van der Waals surface area contributed by atoms with E-state index in [0.29, 0.717) is 11.5 Å². The Kier molecular flexibility index (Phi) is 5.09. The van der Waals surface area contributed by atoms with Crippen molar-refractivity contribution in [3.05, 3.63) is 60.9 Å². The van der Waals surface area contributed by atoms with Crippen molar-refractivity contribution < 1.29 is 9.47 Å². The van der Waals surface area contributed by atoms with Crippen LogP contribution in [0.1, 0.15) is 0 Å². The van der Waals surface area contributed by atoms with Crippen LogP contribution in [0.3, 0.4) is 0 Å². The van der Waals surface area contributed by atoms with E-state index in [-0.39, 0.29) is 12.4 Å². The molecule has 4 aromatic rings. The number of aromatic nitrogens is 2. The SMILES string of the molecule is COc1cc2ncnc(Nc3cccc4ccccc34)c2cc1OC.Cl. The predicted octanol–water partition coefficient (Wildman–Crippen LogP) is 4.97. The molecule has 0 bridgehead atoms. The van der Waals surface area contributed by atoms with Gasteiger partial charge in [0.05, 0.1) is 19.7 Å². The van der Waals surface area contributed by atoms with Crippen molar-refractivity contribution in [2.75, 3.05) is 19.5 Å². The molecule has 0 radical (unpaired) electrons. The van der Waals surface area contributed by atoms with E-state index in [2.05, 4.69) is 33.5 Å². The number of rotatable bonds is 4. The first kappa shape index (κ1) is 17.8. The van der Waals surface area contributed by atoms with Gasteiger partial charge in [-0.1, -0.05) is 36.4 Å². The topological polar surface area (TPSA) is 56.3 Å². The summed E-state index contributed by atoms with van der Waals surface area (Å²) in [4.78, 5) is 8.76. The lowest BCUT2D eigenvalue weighted by Gasteiger charge is -2.13. The fraction of sp³-hybridized carbons (Fsp3) is 0.100. The highest BCUT2D eigenvalue weighted by Crippen LogP contribution is 2.35. The maximum absolute atomic E-state index is 5.41. The predicted molar refractivity (Wildman–Crippen MR) is 107 cm³/mol. The molecule has 1 heterocycles. The van der Waals surface area contributed by atoms with Gasteiger partial charge in [-0.3, -0.25) is 0 Å². The van der Waals surface area contributed by atoms with Crippen LogP contribution in [-0.4, -0.2) is 24.2 Å². The summed E-state index contributed by atoms with van der Waals surface area (Å²) in [6.45, 7) is 0. The number of nitrogens with zero attached hydrogens (tertiary/aromatic N) is 2. The van der Waals surface area contributed by atoms with Gasteiger partial charge in [-0.25, -0.2) is 9.97 Å². The van der Waals surface area contributed by atoms with Gasteiger partial charge in [0.2, 0.25) is 0 Å². The molecule has 1 aromatic heterocycles. The molecule has 0 aliphatic carbocycles. The van der Waals surface area contributed by atoms with Gasteiger partial charge >= 0.3 is 0 Å². The summed E-state index contributed by atoms with van der Waals surface area (Å²) in [5.41, 5.74) is 1.78. The molecule has 0 saturated heterocycles. The van der Waals surface area contributed by atoms with E-state index in [4.69, 9.17) is 9.47 Å². The maximum atomic E-state index is 5.41. The van der Waals surface area contributed by atoms with Gasteiger partial charge in [0.25, 0.3) is 0 Å². The number of benzene rings is 3. The van der Waals surface area contributed by atoms with Crippen molar-refractivity contribution >= 4 is 45.6 Å². The molecule has 0 aliphatic rings. The molecule has 4 rings (SSSR count). The first-order valence-corrected chi connectivity index (χ1v) is 7.91. The zero-order valence-electron chi connectivity index (χ0n) is 14.4. The lowest BCUT2D eigenvalue weighted by Crippen LogP contribution is -1.98. The highest BCUT2D eigenvalue weighted by Gasteiger charge is 2.11. The third kappa shape index (κ3) is 3.09. The summed E-state index contributed by atoms with van der Waals surface area (Å²) in [6.07, 6.45) is 1.54. The number of fused-ring (bicyclic) bond motifs is 2. The van der Waals surface area contributed by atoms with Crippen LogP contribution in [-0.2, 0) is 0 Å². The van der Waals surface area contributed by atoms with Crippen LogP contribution in [0.2, 0.25) is 0 Å². The summed E-state index contributed by atoms with van der Waals surface area (Å²) in [5, 5.41) is 6.61. The molecular weight excluding hydrogens is 350 g/mol. The lowest BCUT2D eigenvalue weighted by molar-refractivity contribution is 0.356. The van der Waals surface area contributed by atoms with E-state index in [1.807, 2.05) is 36.4 Å². The van der Waals surface area contributed by atoms with Crippen LogP contribution >= 0.6 is 12.4 Å². The second-order valence-electron chi connectivity index (χ2n) is 5.60. The number of methoxy groups -OCH3 is 2. The highest BCUT2D eigenvalue weighted by atomic mass is 35.5. The quantitative estimate of drug-likeness (QED) is 0.552. The zero-order valence-corrected chi connectivity index (χ0v) is 15.2. The molecule has 3 aromatic carbocycles. The Balaban J connectivity index is 0.00000196. The molecule has 0 amide bonds. The molecular formula is C20H18ClN3O2. The maximum Gasteiger partial charge on any atom is 0.162 e. The average molecular weight is 368 g/mol. The highest BCUT2D eigenvalue weighted by molar-refractivity contribution is 5.99. The average Bonchev–Trinajstić information content (AvgIpc) is 2.67. The zero-order chi connectivity index (χ0) is 17.2.